The van der Waals surface area contributed by atoms with E-state index in [1.807, 2.05) is 24.3 Å². The van der Waals surface area contributed by atoms with Crippen LogP contribution >= 0.6 is 0 Å². The smallest absolute Gasteiger partial charge is 0.342 e. The third-order valence-corrected chi connectivity index (χ3v) is 3.44. The van der Waals surface area contributed by atoms with Crippen molar-refractivity contribution >= 4 is 17.6 Å². The topological polar surface area (TPSA) is 95.8 Å². The van der Waals surface area contributed by atoms with E-state index in [2.05, 4.69) is 9.97 Å². The molecule has 7 nitrogen and oxygen atoms in total. The Morgan fingerprint density at radius 1 is 1.43 bits per heavy atom. The van der Waals surface area contributed by atoms with Gasteiger partial charge in [-0.3, -0.25) is 0 Å². The molecule has 2 aromatic rings. The maximum atomic E-state index is 10.9. The fraction of sp³-hybridized carbons (Fsp3) is 0.214. The molecule has 1 aromatic heterocycles. The maximum absolute atomic E-state index is 10.9. The molecule has 3 rings (SSSR count). The summed E-state index contributed by atoms with van der Waals surface area (Å²) in [4.78, 5) is 20.6. The fourth-order valence-corrected chi connectivity index (χ4v) is 2.40. The van der Waals surface area contributed by atoms with Crippen LogP contribution in [-0.2, 0) is 4.74 Å². The molecule has 7 heteroatoms. The van der Waals surface area contributed by atoms with Gasteiger partial charge in [-0.05, 0) is 6.07 Å². The zero-order chi connectivity index (χ0) is 15.0. The molecule has 0 radical (unpaired) electrons. The van der Waals surface area contributed by atoms with E-state index in [1.54, 1.807) is 12.0 Å². The minimum absolute atomic E-state index is 0.119. The second-order valence-corrected chi connectivity index (χ2v) is 4.61. The minimum Gasteiger partial charge on any atom is -0.493 e. The van der Waals surface area contributed by atoms with Crippen LogP contribution in [0, 0.1) is 0 Å². The van der Waals surface area contributed by atoms with Gasteiger partial charge in [-0.25, -0.2) is 9.78 Å². The zero-order valence-electron chi connectivity index (χ0n) is 11.2. The largest absolute Gasteiger partial charge is 0.493 e. The molecule has 0 amide bonds. The van der Waals surface area contributed by atoms with Crippen LogP contribution in [0.2, 0.25) is 0 Å². The summed E-state index contributed by atoms with van der Waals surface area (Å²) in [5.74, 6) is -1.58. The summed E-state index contributed by atoms with van der Waals surface area (Å²) < 4.78 is 5.43. The molecule has 1 atom stereocenters. The molecule has 1 unspecified atom stereocenters. The molecule has 0 spiro atoms. The van der Waals surface area contributed by atoms with Gasteiger partial charge in [0.1, 0.15) is 11.7 Å². The number of benzene rings is 1. The number of methoxy groups -OCH3 is 1. The Bertz CT molecular complexity index is 704. The molecule has 1 aliphatic rings. The lowest BCUT2D eigenvalue weighted by molar-refractivity contribution is 0.0692. The number of rotatable bonds is 3. The molecule has 0 fully saturated rings. The van der Waals surface area contributed by atoms with Crippen molar-refractivity contribution in [1.29, 1.82) is 0 Å². The number of anilines is 2. The lowest BCUT2D eigenvalue weighted by Crippen LogP contribution is -2.19. The first-order valence-corrected chi connectivity index (χ1v) is 6.30. The number of carbonyl (C=O) groups is 1. The average molecular weight is 287 g/mol. The first kappa shape index (κ1) is 13.3. The van der Waals surface area contributed by atoms with Gasteiger partial charge in [-0.15, -0.1) is 0 Å². The van der Waals surface area contributed by atoms with Crippen LogP contribution in [0.3, 0.4) is 0 Å². The predicted molar refractivity (Wildman–Crippen MR) is 73.9 cm³/mol. The Labute approximate surface area is 120 Å². The van der Waals surface area contributed by atoms with Crippen LogP contribution in [0.15, 0.2) is 30.5 Å². The highest BCUT2D eigenvalue weighted by Crippen LogP contribution is 2.39. The second kappa shape index (κ2) is 5.02. The van der Waals surface area contributed by atoms with Crippen molar-refractivity contribution in [2.75, 3.05) is 18.6 Å². The van der Waals surface area contributed by atoms with Crippen molar-refractivity contribution in [2.24, 2.45) is 0 Å². The number of fused-ring (bicyclic) bond motifs is 1. The van der Waals surface area contributed by atoms with E-state index in [0.717, 1.165) is 17.4 Å². The van der Waals surface area contributed by atoms with Gasteiger partial charge in [0, 0.05) is 18.4 Å². The monoisotopic (exact) mass is 287 g/mol. The van der Waals surface area contributed by atoms with Crippen molar-refractivity contribution in [3.63, 3.8) is 0 Å². The summed E-state index contributed by atoms with van der Waals surface area (Å²) in [6.45, 7) is 0.502. The maximum Gasteiger partial charge on any atom is 0.342 e. The molecular weight excluding hydrogens is 274 g/mol. The molecule has 2 heterocycles. The summed E-state index contributed by atoms with van der Waals surface area (Å²) in [7, 11) is 1.62. The first-order chi connectivity index (χ1) is 10.1. The molecule has 1 aromatic carbocycles. The zero-order valence-corrected chi connectivity index (χ0v) is 11.2. The number of aromatic hydroxyl groups is 1. The van der Waals surface area contributed by atoms with E-state index in [4.69, 9.17) is 9.84 Å². The number of ether oxygens (including phenoxy) is 1. The molecule has 108 valence electrons. The fourth-order valence-electron chi connectivity index (χ4n) is 2.40. The lowest BCUT2D eigenvalue weighted by atomic mass is 10.1. The standard InChI is InChI=1S/C14H13N3O4/c1-21-11-7-17(10-5-3-2-4-8(10)11)14-15-6-9(13(19)20)12(18)16-14/h2-6,11H,7H2,1H3,(H,19,20)(H,15,16,18). The number of hydrogen-bond acceptors (Lipinski definition) is 6. The highest BCUT2D eigenvalue weighted by Gasteiger charge is 2.31. The Hall–Kier alpha value is -2.67. The quantitative estimate of drug-likeness (QED) is 0.887. The van der Waals surface area contributed by atoms with E-state index in [1.165, 1.54) is 0 Å². The Morgan fingerprint density at radius 3 is 2.86 bits per heavy atom. The normalized spacial score (nSPS) is 16.8. The van der Waals surface area contributed by atoms with Gasteiger partial charge >= 0.3 is 5.97 Å². The van der Waals surface area contributed by atoms with E-state index in [-0.39, 0.29) is 17.6 Å². The van der Waals surface area contributed by atoms with Crippen molar-refractivity contribution in [3.05, 3.63) is 41.6 Å². The third-order valence-electron chi connectivity index (χ3n) is 3.44. The molecule has 2 N–H and O–H groups in total. The van der Waals surface area contributed by atoms with Crippen LogP contribution in [0.5, 0.6) is 5.88 Å². The molecule has 21 heavy (non-hydrogen) atoms. The molecule has 0 bridgehead atoms. The van der Waals surface area contributed by atoms with Gasteiger partial charge in [0.2, 0.25) is 11.8 Å². The van der Waals surface area contributed by atoms with E-state index in [0.29, 0.717) is 6.54 Å². The average Bonchev–Trinajstić information content (AvgIpc) is 2.85. The highest BCUT2D eigenvalue weighted by molar-refractivity contribution is 5.89. The summed E-state index contributed by atoms with van der Waals surface area (Å²) in [5.41, 5.74) is 1.56. The van der Waals surface area contributed by atoms with Gasteiger partial charge in [0.25, 0.3) is 0 Å². The van der Waals surface area contributed by atoms with Crippen molar-refractivity contribution in [3.8, 4) is 5.88 Å². The van der Waals surface area contributed by atoms with Gasteiger partial charge in [-0.1, -0.05) is 18.2 Å². The molecule has 0 saturated carbocycles. The van der Waals surface area contributed by atoms with Crippen LogP contribution in [0.25, 0.3) is 0 Å². The number of carboxylic acids is 1. The van der Waals surface area contributed by atoms with Crippen molar-refractivity contribution in [2.45, 2.75) is 6.10 Å². The highest BCUT2D eigenvalue weighted by atomic mass is 16.5. The van der Waals surface area contributed by atoms with Crippen molar-refractivity contribution < 1.29 is 19.7 Å². The number of aromatic nitrogens is 2. The van der Waals surface area contributed by atoms with Gasteiger partial charge in [-0.2, -0.15) is 4.98 Å². The summed E-state index contributed by atoms with van der Waals surface area (Å²) >= 11 is 0. The van der Waals surface area contributed by atoms with Crippen LogP contribution in [-0.4, -0.2) is 39.8 Å². The summed E-state index contributed by atoms with van der Waals surface area (Å²) in [6.07, 6.45) is 0.981. The van der Waals surface area contributed by atoms with Crippen LogP contribution in [0.1, 0.15) is 22.0 Å². The number of para-hydroxylation sites is 1. The predicted octanol–water partition coefficient (Wildman–Crippen LogP) is 1.72. The SMILES string of the molecule is COC1CN(c2ncc(C(=O)O)c(O)n2)c2ccccc21. The summed E-state index contributed by atoms with van der Waals surface area (Å²) in [6, 6.07) is 7.66. The van der Waals surface area contributed by atoms with E-state index in [9.17, 15) is 9.90 Å². The Balaban J connectivity index is 2.02. The molecule has 0 aliphatic carbocycles. The first-order valence-electron chi connectivity index (χ1n) is 6.30. The molecule has 1 aliphatic heterocycles. The number of carboxylic acid groups (broad SMARTS) is 1. The summed E-state index contributed by atoms with van der Waals surface area (Å²) in [5, 5.41) is 18.6. The number of nitrogens with zero attached hydrogens (tertiary/aromatic N) is 3. The molecular formula is C14H13N3O4. The van der Waals surface area contributed by atoms with Crippen LogP contribution in [0.4, 0.5) is 11.6 Å². The van der Waals surface area contributed by atoms with Gasteiger partial charge < -0.3 is 19.8 Å². The van der Waals surface area contributed by atoms with Gasteiger partial charge in [0.15, 0.2) is 0 Å². The third kappa shape index (κ3) is 2.17. The molecule has 0 saturated heterocycles. The van der Waals surface area contributed by atoms with Crippen LogP contribution < -0.4 is 4.90 Å². The van der Waals surface area contributed by atoms with Gasteiger partial charge in [0.05, 0.1) is 12.7 Å². The van der Waals surface area contributed by atoms with E-state index >= 15 is 0 Å². The van der Waals surface area contributed by atoms with Crippen molar-refractivity contribution in [1.82, 2.24) is 9.97 Å². The number of hydrogen-bond donors (Lipinski definition) is 2. The number of aromatic carboxylic acids is 1. The Kier molecular flexibility index (Phi) is 3.19. The second-order valence-electron chi connectivity index (χ2n) is 4.61. The van der Waals surface area contributed by atoms with E-state index < -0.39 is 11.8 Å². The lowest BCUT2D eigenvalue weighted by Gasteiger charge is -2.17. The Morgan fingerprint density at radius 2 is 2.19 bits per heavy atom. The minimum atomic E-state index is -1.27.